The minimum atomic E-state index is 0.635. The summed E-state index contributed by atoms with van der Waals surface area (Å²) in [7, 11) is 0. The average Bonchev–Trinajstić information content (AvgIpc) is 3.89. The zero-order valence-corrected chi connectivity index (χ0v) is 23.8. The number of pyridine rings is 2. The summed E-state index contributed by atoms with van der Waals surface area (Å²) in [6, 6.07) is 40.0. The minimum Gasteiger partial charge on any atom is -0.442 e. The highest BCUT2D eigenvalue weighted by atomic mass is 16.3. The van der Waals surface area contributed by atoms with Gasteiger partial charge in [0.1, 0.15) is 11.4 Å². The predicted octanol–water partition coefficient (Wildman–Crippen LogP) is 9.37. The number of benzene rings is 4. The number of aromatic nitrogens is 5. The van der Waals surface area contributed by atoms with E-state index in [1.807, 2.05) is 36.4 Å². The topological polar surface area (TPSA) is 82.8 Å². The summed E-state index contributed by atoms with van der Waals surface area (Å²) in [4.78, 5) is 18.0. The second kappa shape index (κ2) is 10.1. The van der Waals surface area contributed by atoms with E-state index in [0.29, 0.717) is 11.5 Å². The first-order chi connectivity index (χ1) is 22.3. The Kier molecular flexibility index (Phi) is 5.67. The summed E-state index contributed by atoms with van der Waals surface area (Å²) in [5.74, 6) is 1.27. The lowest BCUT2D eigenvalue weighted by Crippen LogP contribution is -1.96. The highest BCUT2D eigenvalue weighted by Crippen LogP contribution is 2.38. The van der Waals surface area contributed by atoms with E-state index in [1.165, 1.54) is 23.6 Å². The van der Waals surface area contributed by atoms with E-state index in [-0.39, 0.29) is 0 Å². The summed E-state index contributed by atoms with van der Waals surface area (Å²) >= 11 is 0. The van der Waals surface area contributed by atoms with Gasteiger partial charge >= 0.3 is 0 Å². The number of nitrogens with zero attached hydrogens (tertiary/aromatic N) is 5. The minimum absolute atomic E-state index is 0.635. The van der Waals surface area contributed by atoms with Crippen LogP contribution in [0.25, 0.3) is 83.7 Å². The molecule has 0 aliphatic carbocycles. The third-order valence-corrected chi connectivity index (χ3v) is 8.23. The maximum absolute atomic E-state index is 5.52. The molecule has 7 nitrogen and oxygen atoms in total. The van der Waals surface area contributed by atoms with E-state index in [2.05, 4.69) is 93.4 Å². The van der Waals surface area contributed by atoms with Crippen molar-refractivity contribution in [1.82, 2.24) is 24.5 Å². The van der Waals surface area contributed by atoms with E-state index in [0.717, 1.165) is 61.4 Å². The summed E-state index contributed by atoms with van der Waals surface area (Å²) < 4.78 is 13.4. The molecule has 9 rings (SSSR count). The molecule has 0 atom stereocenters. The first-order valence-corrected chi connectivity index (χ1v) is 14.6. The highest BCUT2D eigenvalue weighted by molar-refractivity contribution is 6.12. The normalized spacial score (nSPS) is 11.6. The van der Waals surface area contributed by atoms with E-state index >= 15 is 0 Å². The molecule has 0 unspecified atom stereocenters. The first kappa shape index (κ1) is 25.2. The lowest BCUT2D eigenvalue weighted by molar-refractivity contribution is 0.569. The van der Waals surface area contributed by atoms with Crippen LogP contribution in [0.5, 0.6) is 0 Å². The van der Waals surface area contributed by atoms with Crippen LogP contribution >= 0.6 is 0 Å². The van der Waals surface area contributed by atoms with Gasteiger partial charge in [-0.25, -0.2) is 19.9 Å². The third-order valence-electron chi connectivity index (χ3n) is 8.23. The van der Waals surface area contributed by atoms with Crippen LogP contribution in [-0.2, 0) is 0 Å². The first-order valence-electron chi connectivity index (χ1n) is 14.6. The number of hydrogen-bond donors (Lipinski definition) is 0. The fraction of sp³-hybridized carbons (Fsp3) is 0. The highest BCUT2D eigenvalue weighted by Gasteiger charge is 2.17. The van der Waals surface area contributed by atoms with Crippen LogP contribution in [0.1, 0.15) is 0 Å². The third kappa shape index (κ3) is 4.21. The molecule has 0 saturated heterocycles. The number of hydrogen-bond acceptors (Lipinski definition) is 6. The fourth-order valence-corrected chi connectivity index (χ4v) is 6.15. The fourth-order valence-electron chi connectivity index (χ4n) is 6.15. The van der Waals surface area contributed by atoms with Gasteiger partial charge in [0.15, 0.2) is 24.3 Å². The van der Waals surface area contributed by atoms with Gasteiger partial charge in [-0.2, -0.15) is 0 Å². The van der Waals surface area contributed by atoms with Gasteiger partial charge in [0.2, 0.25) is 0 Å². The SMILES string of the molecule is c1cc(-c2ccc3c4ccc(-c5cccc(-c6cnco6)n5)cc4n(-c4cccc5ccccc45)c3c2)nc(-c2cnco2)c1. The molecule has 45 heavy (non-hydrogen) atoms. The molecule has 0 radical (unpaired) electrons. The van der Waals surface area contributed by atoms with Crippen LogP contribution < -0.4 is 0 Å². The lowest BCUT2D eigenvalue weighted by Gasteiger charge is -2.13. The molecule has 0 fully saturated rings. The molecule has 5 aromatic heterocycles. The van der Waals surface area contributed by atoms with Crippen molar-refractivity contribution in [2.75, 3.05) is 0 Å². The van der Waals surface area contributed by atoms with Crippen LogP contribution in [0.4, 0.5) is 0 Å². The van der Waals surface area contributed by atoms with Crippen LogP contribution in [-0.4, -0.2) is 24.5 Å². The molecule has 212 valence electrons. The van der Waals surface area contributed by atoms with Crippen LogP contribution in [0.15, 0.2) is 149 Å². The summed E-state index contributed by atoms with van der Waals surface area (Å²) in [5.41, 5.74) is 8.49. The van der Waals surface area contributed by atoms with E-state index in [1.54, 1.807) is 12.4 Å². The van der Waals surface area contributed by atoms with Gasteiger partial charge in [-0.05, 0) is 47.9 Å². The second-order valence-corrected chi connectivity index (χ2v) is 10.8. The zero-order chi connectivity index (χ0) is 29.7. The van der Waals surface area contributed by atoms with Crippen molar-refractivity contribution in [2.24, 2.45) is 0 Å². The van der Waals surface area contributed by atoms with Gasteiger partial charge < -0.3 is 13.4 Å². The predicted molar refractivity (Wildman–Crippen MR) is 176 cm³/mol. The van der Waals surface area contributed by atoms with Crippen molar-refractivity contribution in [1.29, 1.82) is 0 Å². The Morgan fingerprint density at radius 2 is 1.00 bits per heavy atom. The summed E-state index contributed by atoms with van der Waals surface area (Å²) in [6.07, 6.45) is 6.21. The van der Waals surface area contributed by atoms with E-state index in [9.17, 15) is 0 Å². The summed E-state index contributed by atoms with van der Waals surface area (Å²) in [5, 5.41) is 4.66. The van der Waals surface area contributed by atoms with E-state index in [4.69, 9.17) is 18.8 Å². The van der Waals surface area contributed by atoms with Gasteiger partial charge in [0.05, 0.1) is 40.5 Å². The standard InChI is InChI=1S/C38H23N5O2/c1-2-8-27-24(6-1)7-3-13-34(27)43-35-18-25(30-9-4-11-32(41-30)37-20-39-22-44-37)14-16-28(35)29-17-15-26(19-36(29)43)31-10-5-12-33(42-31)38-21-40-23-45-38/h1-23H. The van der Waals surface area contributed by atoms with Gasteiger partial charge in [-0.1, -0.05) is 72.8 Å². The van der Waals surface area contributed by atoms with Crippen molar-refractivity contribution in [3.05, 3.63) is 140 Å². The number of fused-ring (bicyclic) bond motifs is 4. The van der Waals surface area contributed by atoms with Gasteiger partial charge in [0, 0.05) is 27.3 Å². The monoisotopic (exact) mass is 581 g/mol. The van der Waals surface area contributed by atoms with Crippen molar-refractivity contribution in [2.45, 2.75) is 0 Å². The second-order valence-electron chi connectivity index (χ2n) is 10.8. The molecule has 0 aliphatic heterocycles. The summed E-state index contributed by atoms with van der Waals surface area (Å²) in [6.45, 7) is 0. The molecule has 0 amide bonds. The van der Waals surface area contributed by atoms with Crippen LogP contribution in [0.2, 0.25) is 0 Å². The maximum atomic E-state index is 5.52. The number of rotatable bonds is 5. The number of oxazole rings is 2. The Morgan fingerprint density at radius 1 is 0.467 bits per heavy atom. The molecule has 5 heterocycles. The zero-order valence-electron chi connectivity index (χ0n) is 23.8. The molecular formula is C38H23N5O2. The Balaban J connectivity index is 1.29. The Labute approximate surface area is 257 Å². The molecule has 0 N–H and O–H groups in total. The van der Waals surface area contributed by atoms with Crippen molar-refractivity contribution < 1.29 is 8.83 Å². The molecule has 9 aromatic rings. The average molecular weight is 582 g/mol. The van der Waals surface area contributed by atoms with Crippen LogP contribution in [0.3, 0.4) is 0 Å². The molecular weight excluding hydrogens is 558 g/mol. The largest absolute Gasteiger partial charge is 0.442 e. The van der Waals surface area contributed by atoms with E-state index < -0.39 is 0 Å². The van der Waals surface area contributed by atoms with Crippen molar-refractivity contribution in [3.63, 3.8) is 0 Å². The molecule has 0 bridgehead atoms. The van der Waals surface area contributed by atoms with Gasteiger partial charge in [-0.3, -0.25) is 0 Å². The van der Waals surface area contributed by atoms with Gasteiger partial charge in [0.25, 0.3) is 0 Å². The Morgan fingerprint density at radius 3 is 1.58 bits per heavy atom. The smallest absolute Gasteiger partial charge is 0.181 e. The Bertz CT molecular complexity index is 2350. The lowest BCUT2D eigenvalue weighted by atomic mass is 10.0. The van der Waals surface area contributed by atoms with Crippen LogP contribution in [0, 0.1) is 0 Å². The molecule has 0 aliphatic rings. The van der Waals surface area contributed by atoms with Gasteiger partial charge in [-0.15, -0.1) is 0 Å². The Hall–Kier alpha value is -6.34. The maximum Gasteiger partial charge on any atom is 0.181 e. The molecule has 4 aromatic carbocycles. The molecule has 0 saturated carbocycles. The quantitative estimate of drug-likeness (QED) is 0.201. The molecule has 0 spiro atoms. The van der Waals surface area contributed by atoms with Crippen molar-refractivity contribution >= 4 is 32.6 Å². The molecule has 7 heteroatoms. The van der Waals surface area contributed by atoms with Crippen molar-refractivity contribution in [3.8, 4) is 51.1 Å².